The zero-order valence-electron chi connectivity index (χ0n) is 6.08. The van der Waals surface area contributed by atoms with Gasteiger partial charge in [-0.1, -0.05) is 24.3 Å². The summed E-state index contributed by atoms with van der Waals surface area (Å²) in [5, 5.41) is 6.73. The number of rotatable bonds is 1. The van der Waals surface area contributed by atoms with Gasteiger partial charge in [0, 0.05) is 5.56 Å². The molecule has 2 aromatic rings. The minimum atomic E-state index is 0.294. The molecule has 1 radical (unpaired) electrons. The second-order valence-corrected chi connectivity index (χ2v) is 2.58. The average molecular weight is 179 g/mol. The molecule has 4 heteroatoms. The van der Waals surface area contributed by atoms with Crippen LogP contribution in [0.1, 0.15) is 0 Å². The molecule has 0 aliphatic carbocycles. The molecule has 1 aromatic carbocycles. The zero-order chi connectivity index (χ0) is 8.39. The fraction of sp³-hybridized carbons (Fsp3) is 0. The van der Waals surface area contributed by atoms with Gasteiger partial charge in [0.1, 0.15) is 0 Å². The fourth-order valence-electron chi connectivity index (χ4n) is 0.895. The van der Waals surface area contributed by atoms with Crippen molar-refractivity contribution in [2.24, 2.45) is 0 Å². The van der Waals surface area contributed by atoms with E-state index in [0.29, 0.717) is 11.1 Å². The molecule has 0 saturated heterocycles. The first-order chi connectivity index (χ1) is 5.86. The van der Waals surface area contributed by atoms with Crippen LogP contribution in [0, 0.1) is 6.07 Å². The van der Waals surface area contributed by atoms with Gasteiger partial charge in [-0.25, -0.2) is 5.10 Å². The number of aromatic amines is 1. The van der Waals surface area contributed by atoms with E-state index in [2.05, 4.69) is 21.2 Å². The Morgan fingerprint density at radius 1 is 1.42 bits per heavy atom. The van der Waals surface area contributed by atoms with Crippen molar-refractivity contribution in [2.75, 3.05) is 0 Å². The van der Waals surface area contributed by atoms with Crippen LogP contribution in [0.15, 0.2) is 24.3 Å². The first-order valence-electron chi connectivity index (χ1n) is 3.41. The number of aromatic nitrogens is 3. The van der Waals surface area contributed by atoms with E-state index in [1.54, 1.807) is 6.07 Å². The highest BCUT2D eigenvalue weighted by Gasteiger charge is 2.02. The molecule has 0 atom stereocenters. The SMILES string of the molecule is Clc1nc(-c2[c]cccc2)n[nH]1. The quantitative estimate of drug-likeness (QED) is 0.725. The van der Waals surface area contributed by atoms with Crippen molar-refractivity contribution in [2.45, 2.75) is 0 Å². The molecule has 0 aliphatic heterocycles. The maximum atomic E-state index is 5.57. The Morgan fingerprint density at radius 2 is 2.33 bits per heavy atom. The molecule has 1 N–H and O–H groups in total. The van der Waals surface area contributed by atoms with Crippen LogP contribution in [0.4, 0.5) is 0 Å². The van der Waals surface area contributed by atoms with Crippen LogP contribution in [-0.4, -0.2) is 15.2 Å². The van der Waals surface area contributed by atoms with E-state index in [0.717, 1.165) is 5.56 Å². The summed E-state index contributed by atoms with van der Waals surface area (Å²) in [6, 6.07) is 10.5. The van der Waals surface area contributed by atoms with Crippen LogP contribution < -0.4 is 0 Å². The molecular formula is C8H5ClN3. The monoisotopic (exact) mass is 178 g/mol. The summed E-state index contributed by atoms with van der Waals surface area (Å²) in [4.78, 5) is 3.95. The smallest absolute Gasteiger partial charge is 0.218 e. The van der Waals surface area contributed by atoms with Gasteiger partial charge < -0.3 is 0 Å². The van der Waals surface area contributed by atoms with Crippen molar-refractivity contribution in [3.05, 3.63) is 35.6 Å². The third kappa shape index (κ3) is 1.31. The molecule has 0 spiro atoms. The summed E-state index contributed by atoms with van der Waals surface area (Å²) < 4.78 is 0. The molecule has 1 aromatic heterocycles. The summed E-state index contributed by atoms with van der Waals surface area (Å²) in [7, 11) is 0. The summed E-state index contributed by atoms with van der Waals surface area (Å²) in [6.45, 7) is 0. The largest absolute Gasteiger partial charge is 0.249 e. The fourth-order valence-corrected chi connectivity index (χ4v) is 1.02. The molecule has 0 unspecified atom stereocenters. The van der Waals surface area contributed by atoms with Crippen LogP contribution in [0.25, 0.3) is 11.4 Å². The minimum absolute atomic E-state index is 0.294. The van der Waals surface area contributed by atoms with Gasteiger partial charge in [-0.05, 0) is 17.7 Å². The predicted molar refractivity (Wildman–Crippen MR) is 45.7 cm³/mol. The number of halogens is 1. The number of hydrogen-bond acceptors (Lipinski definition) is 2. The molecule has 0 bridgehead atoms. The van der Waals surface area contributed by atoms with E-state index in [1.165, 1.54) is 0 Å². The van der Waals surface area contributed by atoms with Crippen LogP contribution in [0.5, 0.6) is 0 Å². The molecule has 3 nitrogen and oxygen atoms in total. The van der Waals surface area contributed by atoms with Crippen LogP contribution in [0.3, 0.4) is 0 Å². The molecule has 0 aliphatic rings. The van der Waals surface area contributed by atoms with Gasteiger partial charge in [0.15, 0.2) is 5.82 Å². The highest BCUT2D eigenvalue weighted by Crippen LogP contribution is 2.13. The Balaban J connectivity index is 2.45. The van der Waals surface area contributed by atoms with Gasteiger partial charge in [0.2, 0.25) is 5.28 Å². The lowest BCUT2D eigenvalue weighted by molar-refractivity contribution is 1.10. The Morgan fingerprint density at radius 3 is 2.92 bits per heavy atom. The predicted octanol–water partition coefficient (Wildman–Crippen LogP) is 1.93. The van der Waals surface area contributed by atoms with E-state index in [9.17, 15) is 0 Å². The molecule has 0 amide bonds. The molecular weight excluding hydrogens is 174 g/mol. The Hall–Kier alpha value is -1.35. The highest BCUT2D eigenvalue weighted by molar-refractivity contribution is 6.28. The molecule has 2 rings (SSSR count). The summed E-state index contributed by atoms with van der Waals surface area (Å²) >= 11 is 5.57. The number of benzene rings is 1. The molecule has 12 heavy (non-hydrogen) atoms. The first-order valence-corrected chi connectivity index (χ1v) is 3.79. The van der Waals surface area contributed by atoms with Gasteiger partial charge in [-0.15, -0.1) is 0 Å². The molecule has 0 fully saturated rings. The molecule has 59 valence electrons. The number of nitrogens with zero attached hydrogens (tertiary/aromatic N) is 2. The minimum Gasteiger partial charge on any atom is -0.249 e. The summed E-state index contributed by atoms with van der Waals surface area (Å²) in [6.07, 6.45) is 0. The van der Waals surface area contributed by atoms with E-state index >= 15 is 0 Å². The van der Waals surface area contributed by atoms with E-state index < -0.39 is 0 Å². The van der Waals surface area contributed by atoms with E-state index in [-0.39, 0.29) is 0 Å². The second kappa shape index (κ2) is 2.95. The lowest BCUT2D eigenvalue weighted by Crippen LogP contribution is -1.78. The Bertz CT molecular complexity index is 369. The Labute approximate surface area is 74.4 Å². The highest BCUT2D eigenvalue weighted by atomic mass is 35.5. The number of H-pyrrole nitrogens is 1. The van der Waals surface area contributed by atoms with Gasteiger partial charge in [-0.2, -0.15) is 10.1 Å². The number of hydrogen-bond donors (Lipinski definition) is 1. The van der Waals surface area contributed by atoms with Crippen molar-refractivity contribution in [3.63, 3.8) is 0 Å². The van der Waals surface area contributed by atoms with Crippen molar-refractivity contribution >= 4 is 11.6 Å². The van der Waals surface area contributed by atoms with Gasteiger partial charge >= 0.3 is 0 Å². The molecule has 0 saturated carbocycles. The van der Waals surface area contributed by atoms with Crippen molar-refractivity contribution < 1.29 is 0 Å². The van der Waals surface area contributed by atoms with Crippen molar-refractivity contribution in [3.8, 4) is 11.4 Å². The third-order valence-corrected chi connectivity index (χ3v) is 1.58. The number of nitrogens with one attached hydrogen (secondary N) is 1. The topological polar surface area (TPSA) is 41.6 Å². The second-order valence-electron chi connectivity index (χ2n) is 2.23. The molecule has 1 heterocycles. The van der Waals surface area contributed by atoms with E-state index in [1.807, 2.05) is 18.2 Å². The maximum Gasteiger partial charge on any atom is 0.218 e. The normalized spacial score (nSPS) is 10.1. The first kappa shape index (κ1) is 7.31. The van der Waals surface area contributed by atoms with Gasteiger partial charge in [0.25, 0.3) is 0 Å². The lowest BCUT2D eigenvalue weighted by atomic mass is 10.2. The van der Waals surface area contributed by atoms with Crippen molar-refractivity contribution in [1.82, 2.24) is 15.2 Å². The average Bonchev–Trinajstić information content (AvgIpc) is 2.54. The van der Waals surface area contributed by atoms with Crippen molar-refractivity contribution in [1.29, 1.82) is 0 Å². The van der Waals surface area contributed by atoms with Crippen LogP contribution in [0.2, 0.25) is 5.28 Å². The van der Waals surface area contributed by atoms with E-state index in [4.69, 9.17) is 11.6 Å². The zero-order valence-corrected chi connectivity index (χ0v) is 6.84. The van der Waals surface area contributed by atoms with Crippen LogP contribution in [-0.2, 0) is 0 Å². The van der Waals surface area contributed by atoms with Crippen LogP contribution >= 0.6 is 11.6 Å². The Kier molecular flexibility index (Phi) is 1.80. The lowest BCUT2D eigenvalue weighted by Gasteiger charge is -1.89. The summed E-state index contributed by atoms with van der Waals surface area (Å²) in [5.74, 6) is 0.570. The van der Waals surface area contributed by atoms with Gasteiger partial charge in [0.05, 0.1) is 0 Å². The summed E-state index contributed by atoms with van der Waals surface area (Å²) in [5.41, 5.74) is 0.834. The van der Waals surface area contributed by atoms with Gasteiger partial charge in [-0.3, -0.25) is 0 Å². The third-order valence-electron chi connectivity index (χ3n) is 1.41. The maximum absolute atomic E-state index is 5.57. The standard InChI is InChI=1S/C8H5ClN3/c9-8-10-7(11-12-8)6-4-2-1-3-5-6/h1-4H,(H,10,11,12).